The summed E-state index contributed by atoms with van der Waals surface area (Å²) in [6, 6.07) is 3.47. The first-order valence-corrected chi connectivity index (χ1v) is 6.85. The molecule has 0 radical (unpaired) electrons. The molecule has 0 fully saturated rings. The van der Waals surface area contributed by atoms with Crippen LogP contribution >= 0.6 is 0 Å². The number of rotatable bonds is 3. The minimum Gasteiger partial charge on any atom is -0.281 e. The summed E-state index contributed by atoms with van der Waals surface area (Å²) in [6.07, 6.45) is 1.56. The molecule has 0 atom stereocenters. The van der Waals surface area contributed by atoms with Gasteiger partial charge in [-0.1, -0.05) is 0 Å². The molecular formula is C11H14N4O2S. The Kier molecular flexibility index (Phi) is 3.08. The lowest BCUT2D eigenvalue weighted by atomic mass is 10.3. The Morgan fingerprint density at radius 3 is 2.56 bits per heavy atom. The van der Waals surface area contributed by atoms with Gasteiger partial charge in [-0.25, -0.2) is 13.4 Å². The molecule has 0 amide bonds. The van der Waals surface area contributed by atoms with Gasteiger partial charge >= 0.3 is 0 Å². The average molecular weight is 266 g/mol. The molecule has 2 rings (SSSR count). The Morgan fingerprint density at radius 1 is 1.28 bits per heavy atom. The van der Waals surface area contributed by atoms with Crippen LogP contribution in [0.5, 0.6) is 0 Å². The molecule has 2 N–H and O–H groups in total. The second kappa shape index (κ2) is 4.41. The van der Waals surface area contributed by atoms with Crippen molar-refractivity contribution in [1.82, 2.24) is 15.2 Å². The smallest absolute Gasteiger partial charge is 0.266 e. The zero-order chi connectivity index (χ0) is 13.3. The molecule has 0 unspecified atom stereocenters. The van der Waals surface area contributed by atoms with Crippen LogP contribution in [0.25, 0.3) is 0 Å². The van der Waals surface area contributed by atoms with E-state index in [1.54, 1.807) is 32.2 Å². The van der Waals surface area contributed by atoms with Crippen molar-refractivity contribution in [3.63, 3.8) is 0 Å². The van der Waals surface area contributed by atoms with Crippen LogP contribution in [0.15, 0.2) is 23.2 Å². The van der Waals surface area contributed by atoms with Gasteiger partial charge in [-0.2, -0.15) is 5.10 Å². The number of aryl methyl sites for hydroxylation is 3. The van der Waals surface area contributed by atoms with Gasteiger partial charge in [-0.3, -0.25) is 9.82 Å². The van der Waals surface area contributed by atoms with Crippen LogP contribution < -0.4 is 4.72 Å². The van der Waals surface area contributed by atoms with E-state index in [4.69, 9.17) is 0 Å². The Hall–Kier alpha value is -1.89. The fraction of sp³-hybridized carbons (Fsp3) is 0.273. The number of sulfonamides is 1. The zero-order valence-electron chi connectivity index (χ0n) is 10.4. The van der Waals surface area contributed by atoms with E-state index in [1.165, 1.54) is 0 Å². The van der Waals surface area contributed by atoms with E-state index in [2.05, 4.69) is 19.9 Å². The molecule has 0 aliphatic carbocycles. The first-order chi connectivity index (χ1) is 8.40. The van der Waals surface area contributed by atoms with Gasteiger partial charge in [0, 0.05) is 6.20 Å². The number of aromatic amines is 1. The molecule has 2 aromatic rings. The molecule has 2 heterocycles. The fourth-order valence-electron chi connectivity index (χ4n) is 1.72. The topological polar surface area (TPSA) is 87.7 Å². The quantitative estimate of drug-likeness (QED) is 0.881. The summed E-state index contributed by atoms with van der Waals surface area (Å²) in [5, 5.41) is 6.53. The molecular weight excluding hydrogens is 252 g/mol. The molecule has 18 heavy (non-hydrogen) atoms. The van der Waals surface area contributed by atoms with Crippen LogP contribution in [0.4, 0.5) is 5.82 Å². The molecule has 2 aromatic heterocycles. The molecule has 0 aliphatic rings. The predicted molar refractivity (Wildman–Crippen MR) is 67.8 cm³/mol. The molecule has 96 valence electrons. The van der Waals surface area contributed by atoms with Gasteiger partial charge in [-0.05, 0) is 38.5 Å². The minimum absolute atomic E-state index is 0.172. The van der Waals surface area contributed by atoms with Crippen LogP contribution in [0.3, 0.4) is 0 Å². The number of nitrogens with one attached hydrogen (secondary N) is 2. The number of hydrogen-bond acceptors (Lipinski definition) is 4. The van der Waals surface area contributed by atoms with Gasteiger partial charge in [0.25, 0.3) is 10.0 Å². The van der Waals surface area contributed by atoms with Crippen molar-refractivity contribution in [2.24, 2.45) is 0 Å². The van der Waals surface area contributed by atoms with Gasteiger partial charge in [0.05, 0.1) is 11.4 Å². The van der Waals surface area contributed by atoms with Gasteiger partial charge in [0.2, 0.25) is 0 Å². The van der Waals surface area contributed by atoms with E-state index in [1.807, 2.05) is 6.92 Å². The van der Waals surface area contributed by atoms with E-state index < -0.39 is 10.0 Å². The third-order valence-corrected chi connectivity index (χ3v) is 4.10. The van der Waals surface area contributed by atoms with Crippen LogP contribution in [-0.4, -0.2) is 23.6 Å². The number of pyridine rings is 1. The second-order valence-corrected chi connectivity index (χ2v) is 5.71. The molecule has 0 saturated heterocycles. The first kappa shape index (κ1) is 12.6. The monoisotopic (exact) mass is 266 g/mol. The van der Waals surface area contributed by atoms with Crippen molar-refractivity contribution >= 4 is 15.8 Å². The predicted octanol–water partition coefficient (Wildman–Crippen LogP) is 1.53. The lowest BCUT2D eigenvalue weighted by molar-refractivity contribution is 0.600. The highest BCUT2D eigenvalue weighted by molar-refractivity contribution is 7.92. The van der Waals surface area contributed by atoms with Crippen LogP contribution in [0, 0.1) is 20.8 Å². The molecule has 6 nitrogen and oxygen atoms in total. The van der Waals surface area contributed by atoms with Gasteiger partial charge in [0.15, 0.2) is 0 Å². The van der Waals surface area contributed by atoms with Crippen molar-refractivity contribution < 1.29 is 8.42 Å². The molecule has 0 spiro atoms. The summed E-state index contributed by atoms with van der Waals surface area (Å²) in [5.74, 6) is 0.301. The SMILES string of the molecule is Cc1ccnc(NS(=O)(=O)c2c(C)n[nH]c2C)c1. The largest absolute Gasteiger partial charge is 0.281 e. The summed E-state index contributed by atoms with van der Waals surface area (Å²) < 4.78 is 26.9. The van der Waals surface area contributed by atoms with E-state index >= 15 is 0 Å². The normalized spacial score (nSPS) is 11.5. The van der Waals surface area contributed by atoms with E-state index in [-0.39, 0.29) is 4.90 Å². The summed E-state index contributed by atoms with van der Waals surface area (Å²) in [5.41, 5.74) is 1.88. The maximum absolute atomic E-state index is 12.2. The number of hydrogen-bond donors (Lipinski definition) is 2. The first-order valence-electron chi connectivity index (χ1n) is 5.37. The van der Waals surface area contributed by atoms with Crippen LogP contribution in [-0.2, 0) is 10.0 Å². The van der Waals surface area contributed by atoms with Crippen LogP contribution in [0.2, 0.25) is 0 Å². The van der Waals surface area contributed by atoms with Crippen molar-refractivity contribution in [3.8, 4) is 0 Å². The molecule has 0 aromatic carbocycles. The molecule has 0 aliphatic heterocycles. The third kappa shape index (κ3) is 2.35. The average Bonchev–Trinajstić information content (AvgIpc) is 2.58. The third-order valence-electron chi connectivity index (χ3n) is 2.48. The summed E-state index contributed by atoms with van der Waals surface area (Å²) in [7, 11) is -3.65. The molecule has 0 saturated carbocycles. The maximum atomic E-state index is 12.2. The highest BCUT2D eigenvalue weighted by atomic mass is 32.2. The van der Waals surface area contributed by atoms with Crippen LogP contribution in [0.1, 0.15) is 17.0 Å². The van der Waals surface area contributed by atoms with Gasteiger partial charge < -0.3 is 0 Å². The van der Waals surface area contributed by atoms with E-state index in [0.29, 0.717) is 17.2 Å². The Labute approximate surface area is 106 Å². The maximum Gasteiger partial charge on any atom is 0.266 e. The standard InChI is InChI=1S/C11H14N4O2S/c1-7-4-5-12-10(6-7)15-18(16,17)11-8(2)13-14-9(11)3/h4-6H,1-3H3,(H,12,15)(H,13,14). The van der Waals surface area contributed by atoms with Gasteiger partial charge in [0.1, 0.15) is 10.7 Å². The minimum atomic E-state index is -3.65. The number of aromatic nitrogens is 3. The second-order valence-electron chi connectivity index (χ2n) is 4.09. The Bertz CT molecular complexity index is 657. The van der Waals surface area contributed by atoms with Crippen molar-refractivity contribution in [2.75, 3.05) is 4.72 Å². The molecule has 0 bridgehead atoms. The van der Waals surface area contributed by atoms with Crippen molar-refractivity contribution in [2.45, 2.75) is 25.7 Å². The highest BCUT2D eigenvalue weighted by Crippen LogP contribution is 2.19. The summed E-state index contributed by atoms with van der Waals surface area (Å²) >= 11 is 0. The molecule has 7 heteroatoms. The lowest BCUT2D eigenvalue weighted by Gasteiger charge is -2.07. The number of anilines is 1. The summed E-state index contributed by atoms with van der Waals surface area (Å²) in [6.45, 7) is 5.17. The van der Waals surface area contributed by atoms with Crippen molar-refractivity contribution in [1.29, 1.82) is 0 Å². The van der Waals surface area contributed by atoms with Gasteiger partial charge in [-0.15, -0.1) is 0 Å². The Morgan fingerprint density at radius 2 is 2.00 bits per heavy atom. The van der Waals surface area contributed by atoms with Crippen molar-refractivity contribution in [3.05, 3.63) is 35.3 Å². The zero-order valence-corrected chi connectivity index (χ0v) is 11.2. The lowest BCUT2D eigenvalue weighted by Crippen LogP contribution is -2.15. The summed E-state index contributed by atoms with van der Waals surface area (Å²) in [4.78, 5) is 4.15. The van der Waals surface area contributed by atoms with E-state index in [0.717, 1.165) is 5.56 Å². The Balaban J connectivity index is 2.39. The number of H-pyrrole nitrogens is 1. The highest BCUT2D eigenvalue weighted by Gasteiger charge is 2.22. The fourth-order valence-corrected chi connectivity index (χ4v) is 3.09. The van der Waals surface area contributed by atoms with E-state index in [9.17, 15) is 8.42 Å². The number of nitrogens with zero attached hydrogens (tertiary/aromatic N) is 2.